The van der Waals surface area contributed by atoms with Gasteiger partial charge in [0.2, 0.25) is 0 Å². The van der Waals surface area contributed by atoms with Crippen molar-refractivity contribution in [3.8, 4) is 24.0 Å². The average Bonchev–Trinajstić information content (AvgIpc) is 2.93. The van der Waals surface area contributed by atoms with Crippen LogP contribution in [0.2, 0.25) is 0 Å². The molecule has 6 heteroatoms. The van der Waals surface area contributed by atoms with Gasteiger partial charge in [-0.1, -0.05) is 71.7 Å². The summed E-state index contributed by atoms with van der Waals surface area (Å²) in [5.41, 5.74) is 8.31. The number of nitrogens with zero attached hydrogens (tertiary/aromatic N) is 1. The Balaban J connectivity index is 0.00000134. The normalized spacial score (nSPS) is 14.4. The second-order valence-corrected chi connectivity index (χ2v) is 12.5. The van der Waals surface area contributed by atoms with E-state index in [2.05, 4.69) is 37.1 Å². The lowest BCUT2D eigenvalue weighted by atomic mass is 9.73. The van der Waals surface area contributed by atoms with Crippen molar-refractivity contribution < 1.29 is 19.4 Å². The van der Waals surface area contributed by atoms with E-state index in [0.29, 0.717) is 12.1 Å². The molecule has 4 nitrogen and oxygen atoms in total. The monoisotopic (exact) mass is 599 g/mol. The zero-order chi connectivity index (χ0) is 33.0. The first-order valence-corrected chi connectivity index (χ1v) is 16.0. The fourth-order valence-electron chi connectivity index (χ4n) is 5.15. The molecular weight excluding hydrogens is 545 g/mol. The van der Waals surface area contributed by atoms with E-state index in [9.17, 15) is 9.90 Å². The molecule has 2 N–H and O–H groups in total. The Morgan fingerprint density at radius 1 is 1.05 bits per heavy atom. The lowest BCUT2D eigenvalue weighted by Crippen LogP contribution is -2.24. The van der Waals surface area contributed by atoms with Crippen LogP contribution >= 0.6 is 11.9 Å². The number of halogens is 1. The Morgan fingerprint density at radius 2 is 1.60 bits per heavy atom. The molecule has 42 heavy (non-hydrogen) atoms. The van der Waals surface area contributed by atoms with Gasteiger partial charge in [0, 0.05) is 17.4 Å². The van der Waals surface area contributed by atoms with Crippen molar-refractivity contribution in [1.29, 1.82) is 0 Å². The third-order valence-corrected chi connectivity index (χ3v) is 7.60. The molecule has 0 amide bonds. The molecule has 0 unspecified atom stereocenters. The number of allylic oxidation sites excluding steroid dienone is 2. The number of carboxylic acid groups (broad SMARTS) is 1. The van der Waals surface area contributed by atoms with E-state index in [1.54, 1.807) is 38.8 Å². The maximum absolute atomic E-state index is 15.1. The van der Waals surface area contributed by atoms with E-state index in [1.807, 2.05) is 53.9 Å². The quantitative estimate of drug-likeness (QED) is 0.270. The van der Waals surface area contributed by atoms with Crippen molar-refractivity contribution in [2.45, 2.75) is 114 Å². The number of carboxylic acids is 1. The zero-order valence-corrected chi connectivity index (χ0v) is 28.9. The summed E-state index contributed by atoms with van der Waals surface area (Å²) in [7, 11) is 0. The highest BCUT2D eigenvalue weighted by molar-refractivity contribution is 7.99. The van der Waals surface area contributed by atoms with Crippen LogP contribution in [0.4, 0.5) is 10.1 Å². The summed E-state index contributed by atoms with van der Waals surface area (Å²) >= 11 is 1.60. The molecule has 2 aliphatic rings. The highest BCUT2D eigenvalue weighted by atomic mass is 32.2. The van der Waals surface area contributed by atoms with Crippen LogP contribution in [0.5, 0.6) is 0 Å². The van der Waals surface area contributed by atoms with Crippen LogP contribution in [0.15, 0.2) is 24.3 Å². The third-order valence-electron chi connectivity index (χ3n) is 6.85. The van der Waals surface area contributed by atoms with Gasteiger partial charge in [0.1, 0.15) is 5.82 Å². The first kappa shape index (κ1) is 39.2. The van der Waals surface area contributed by atoms with Crippen molar-refractivity contribution >= 4 is 29.2 Å². The fraction of sp³-hybridized carbons (Fsp3) is 0.528. The van der Waals surface area contributed by atoms with Gasteiger partial charge in [-0.3, -0.25) is 4.79 Å². The number of carbonyl (C=O) groups is 1. The first-order chi connectivity index (χ1) is 19.6. The second-order valence-electron chi connectivity index (χ2n) is 11.7. The van der Waals surface area contributed by atoms with Crippen LogP contribution < -0.4 is 4.31 Å². The standard InChI is InChI=1S/C26H30FNO2S.C4H10O.2C2H6.C2H2/c1-15-19(13-21(29)30)22(17-9-11-26(3,4)12-10-17)16(2)23-24-18(7-6-8-20(24)27)14-28(31-5)25(15)23;1-4(2,3)5;3*1-2/h6-9H,10-14H2,1-5H3,(H,29,30);5H,1-3H3;2*1-2H3;1-2H. The maximum Gasteiger partial charge on any atom is 0.307 e. The molecule has 0 bridgehead atoms. The van der Waals surface area contributed by atoms with Gasteiger partial charge in [0.05, 0.1) is 24.3 Å². The summed E-state index contributed by atoms with van der Waals surface area (Å²) in [4.78, 5) is 11.8. The summed E-state index contributed by atoms with van der Waals surface area (Å²) in [5.74, 6) is -1.05. The molecule has 0 atom stereocenters. The molecule has 2 aromatic rings. The largest absolute Gasteiger partial charge is 0.481 e. The van der Waals surface area contributed by atoms with Crippen LogP contribution in [-0.4, -0.2) is 28.0 Å². The highest BCUT2D eigenvalue weighted by Crippen LogP contribution is 2.51. The molecule has 0 radical (unpaired) electrons. The number of anilines is 1. The smallest absolute Gasteiger partial charge is 0.307 e. The second kappa shape index (κ2) is 17.4. The molecule has 0 aromatic heterocycles. The van der Waals surface area contributed by atoms with Crippen molar-refractivity contribution in [2.75, 3.05) is 10.6 Å². The number of terminal acetylenes is 1. The summed E-state index contributed by atoms with van der Waals surface area (Å²) in [5, 5.41) is 18.2. The molecule has 2 aromatic carbocycles. The Morgan fingerprint density at radius 3 is 2.05 bits per heavy atom. The lowest BCUT2D eigenvalue weighted by molar-refractivity contribution is -0.136. The van der Waals surface area contributed by atoms with Crippen molar-refractivity contribution in [3.63, 3.8) is 0 Å². The molecule has 1 aliphatic heterocycles. The summed E-state index contributed by atoms with van der Waals surface area (Å²) in [6.45, 7) is 22.4. The SMILES string of the molecule is C#C.CC.CC.CC(C)(C)O.CSN1Cc2cccc(F)c2-c2c(C)c(C3=CCC(C)(C)CC3)c(CC(=O)O)c(C)c21. The lowest BCUT2D eigenvalue weighted by Gasteiger charge is -2.37. The maximum atomic E-state index is 15.1. The molecule has 0 saturated carbocycles. The van der Waals surface area contributed by atoms with Crippen molar-refractivity contribution in [2.24, 2.45) is 5.41 Å². The molecule has 234 valence electrons. The van der Waals surface area contributed by atoms with Gasteiger partial charge in [-0.15, -0.1) is 12.8 Å². The first-order valence-electron chi connectivity index (χ1n) is 14.9. The van der Waals surface area contributed by atoms with Crippen LogP contribution in [0.1, 0.15) is 109 Å². The van der Waals surface area contributed by atoms with E-state index in [0.717, 1.165) is 58.3 Å². The summed E-state index contributed by atoms with van der Waals surface area (Å²) in [6, 6.07) is 5.29. The van der Waals surface area contributed by atoms with Gasteiger partial charge >= 0.3 is 5.97 Å². The van der Waals surface area contributed by atoms with E-state index < -0.39 is 11.6 Å². The zero-order valence-electron chi connectivity index (χ0n) is 28.0. The number of hydrogen-bond acceptors (Lipinski definition) is 4. The molecule has 0 saturated heterocycles. The highest BCUT2D eigenvalue weighted by Gasteiger charge is 2.33. The molecule has 1 aliphatic carbocycles. The van der Waals surface area contributed by atoms with E-state index >= 15 is 4.39 Å². The average molecular weight is 600 g/mol. The van der Waals surface area contributed by atoms with Gasteiger partial charge in [0.15, 0.2) is 0 Å². The van der Waals surface area contributed by atoms with Crippen molar-refractivity contribution in [3.05, 3.63) is 57.9 Å². The minimum atomic E-state index is -0.835. The summed E-state index contributed by atoms with van der Waals surface area (Å²) < 4.78 is 17.3. The van der Waals surface area contributed by atoms with E-state index in [1.165, 1.54) is 11.6 Å². The van der Waals surface area contributed by atoms with Crippen LogP contribution in [0, 0.1) is 37.9 Å². The number of benzene rings is 2. The van der Waals surface area contributed by atoms with Gasteiger partial charge in [0.25, 0.3) is 0 Å². The molecule has 0 fully saturated rings. The van der Waals surface area contributed by atoms with Gasteiger partial charge < -0.3 is 14.5 Å². The number of aliphatic hydroxyl groups is 1. The van der Waals surface area contributed by atoms with Gasteiger partial charge in [-0.2, -0.15) is 0 Å². The van der Waals surface area contributed by atoms with Crippen LogP contribution in [-0.2, 0) is 17.8 Å². The Kier molecular flexibility index (Phi) is 16.2. The minimum Gasteiger partial charge on any atom is -0.481 e. The Labute approximate surface area is 260 Å². The van der Waals surface area contributed by atoms with E-state index in [4.69, 9.17) is 5.11 Å². The van der Waals surface area contributed by atoms with Crippen LogP contribution in [0.3, 0.4) is 0 Å². The summed E-state index contributed by atoms with van der Waals surface area (Å²) in [6.07, 6.45) is 15.2. The number of rotatable bonds is 4. The predicted molar refractivity (Wildman–Crippen MR) is 183 cm³/mol. The van der Waals surface area contributed by atoms with Crippen LogP contribution in [0.25, 0.3) is 16.7 Å². The predicted octanol–water partition coefficient (Wildman–Crippen LogP) is 10.0. The van der Waals surface area contributed by atoms with Crippen molar-refractivity contribution in [1.82, 2.24) is 0 Å². The van der Waals surface area contributed by atoms with Gasteiger partial charge in [-0.05, 0) is 98.8 Å². The molecule has 0 spiro atoms. The van der Waals surface area contributed by atoms with E-state index in [-0.39, 0.29) is 17.7 Å². The minimum absolute atomic E-state index is 0.0254. The molecule has 4 rings (SSSR count). The topological polar surface area (TPSA) is 60.8 Å². The third kappa shape index (κ3) is 10.2. The molecule has 1 heterocycles. The Hall–Kier alpha value is -2.75. The fourth-order valence-corrected chi connectivity index (χ4v) is 5.82. The van der Waals surface area contributed by atoms with Gasteiger partial charge in [-0.25, -0.2) is 4.39 Å². The Bertz CT molecular complexity index is 1230. The number of hydrogen-bond donors (Lipinski definition) is 2. The number of aliphatic carboxylic acids is 1. The number of fused-ring (bicyclic) bond motifs is 3. The molecular formula is C36H54FNO3S.